The first-order chi connectivity index (χ1) is 10.7. The molecule has 116 valence electrons. The quantitative estimate of drug-likeness (QED) is 0.832. The molecule has 0 amide bonds. The lowest BCUT2D eigenvalue weighted by molar-refractivity contribution is 0.298. The van der Waals surface area contributed by atoms with Crippen LogP contribution in [0.1, 0.15) is 18.4 Å². The van der Waals surface area contributed by atoms with E-state index >= 15 is 0 Å². The average Bonchev–Trinajstić information content (AvgIpc) is 3.35. The van der Waals surface area contributed by atoms with Crippen molar-refractivity contribution < 1.29 is 5.11 Å². The van der Waals surface area contributed by atoms with Gasteiger partial charge in [-0.2, -0.15) is 5.10 Å². The van der Waals surface area contributed by atoms with Crippen LogP contribution in [-0.2, 0) is 13.0 Å². The van der Waals surface area contributed by atoms with Gasteiger partial charge in [-0.15, -0.1) is 11.8 Å². The Labute approximate surface area is 134 Å². The summed E-state index contributed by atoms with van der Waals surface area (Å²) in [6.45, 7) is 0.668. The minimum Gasteiger partial charge on any atom is -0.396 e. The lowest BCUT2D eigenvalue weighted by Gasteiger charge is -2.10. The van der Waals surface area contributed by atoms with Crippen LogP contribution in [0, 0.1) is 5.92 Å². The van der Waals surface area contributed by atoms with Gasteiger partial charge in [-0.25, -0.2) is 4.68 Å². The summed E-state index contributed by atoms with van der Waals surface area (Å²) in [5.74, 6) is 0.585. The minimum absolute atomic E-state index is 0.0203. The van der Waals surface area contributed by atoms with Gasteiger partial charge in [0.05, 0.1) is 5.69 Å². The van der Waals surface area contributed by atoms with Gasteiger partial charge in [-0.1, -0.05) is 12.1 Å². The van der Waals surface area contributed by atoms with Crippen LogP contribution < -0.4 is 5.56 Å². The number of thioether (sulfide) groups is 1. The summed E-state index contributed by atoms with van der Waals surface area (Å²) in [5.41, 5.74) is 2.38. The highest BCUT2D eigenvalue weighted by Crippen LogP contribution is 2.30. The number of rotatable bonds is 6. The standard InChI is InChI=1S/C17H20N2O2S/c1-22-15-6-4-13(5-7-15)16-10-14(8-9-20)17(21)19(18-16)11-12-2-3-12/h4-7,10,12,20H,2-3,8-9,11H2,1H3. The third kappa shape index (κ3) is 3.42. The highest BCUT2D eigenvalue weighted by molar-refractivity contribution is 7.98. The van der Waals surface area contributed by atoms with Gasteiger partial charge >= 0.3 is 0 Å². The molecule has 1 aromatic heterocycles. The zero-order valence-electron chi connectivity index (χ0n) is 12.7. The molecule has 1 aliphatic carbocycles. The van der Waals surface area contributed by atoms with Crippen LogP contribution in [0.15, 0.2) is 40.0 Å². The number of aliphatic hydroxyl groups excluding tert-OH is 1. The predicted octanol–water partition coefficient (Wildman–Crippen LogP) is 2.58. The van der Waals surface area contributed by atoms with Crippen LogP contribution in [-0.4, -0.2) is 27.7 Å². The summed E-state index contributed by atoms with van der Waals surface area (Å²) >= 11 is 1.70. The lowest BCUT2D eigenvalue weighted by atomic mass is 10.1. The number of aliphatic hydroxyl groups is 1. The van der Waals surface area contributed by atoms with Gasteiger partial charge in [0.15, 0.2) is 0 Å². The molecular formula is C17H20N2O2S. The molecule has 1 N–H and O–H groups in total. The van der Waals surface area contributed by atoms with Crippen molar-refractivity contribution in [2.75, 3.05) is 12.9 Å². The second-order valence-corrected chi connectivity index (χ2v) is 6.57. The van der Waals surface area contributed by atoms with E-state index in [4.69, 9.17) is 0 Å². The van der Waals surface area contributed by atoms with Gasteiger partial charge in [0, 0.05) is 35.6 Å². The molecule has 0 unspecified atom stereocenters. The maximum Gasteiger partial charge on any atom is 0.270 e. The number of hydrogen-bond acceptors (Lipinski definition) is 4. The highest BCUT2D eigenvalue weighted by Gasteiger charge is 2.23. The fourth-order valence-corrected chi connectivity index (χ4v) is 2.88. The normalized spacial score (nSPS) is 14.3. The number of aromatic nitrogens is 2. The Balaban J connectivity index is 2.00. The van der Waals surface area contributed by atoms with Crippen LogP contribution >= 0.6 is 11.8 Å². The number of nitrogens with zero attached hydrogens (tertiary/aromatic N) is 2. The van der Waals surface area contributed by atoms with E-state index in [1.165, 1.54) is 17.7 Å². The SMILES string of the molecule is CSc1ccc(-c2cc(CCO)c(=O)n(CC3CC3)n2)cc1. The van der Waals surface area contributed by atoms with E-state index in [0.29, 0.717) is 24.4 Å². The smallest absolute Gasteiger partial charge is 0.270 e. The number of hydrogen-bond donors (Lipinski definition) is 1. The molecule has 1 heterocycles. The summed E-state index contributed by atoms with van der Waals surface area (Å²) < 4.78 is 1.58. The van der Waals surface area contributed by atoms with Crippen molar-refractivity contribution in [2.45, 2.75) is 30.7 Å². The first-order valence-corrected chi connectivity index (χ1v) is 8.80. The molecular weight excluding hydrogens is 296 g/mol. The Morgan fingerprint density at radius 2 is 2.05 bits per heavy atom. The molecule has 1 saturated carbocycles. The van der Waals surface area contributed by atoms with Crippen molar-refractivity contribution in [1.82, 2.24) is 9.78 Å². The van der Waals surface area contributed by atoms with Gasteiger partial charge in [0.1, 0.15) is 0 Å². The lowest BCUT2D eigenvalue weighted by Crippen LogP contribution is -2.28. The molecule has 0 radical (unpaired) electrons. The Morgan fingerprint density at radius 1 is 1.32 bits per heavy atom. The van der Waals surface area contributed by atoms with E-state index in [1.807, 2.05) is 24.5 Å². The van der Waals surface area contributed by atoms with E-state index < -0.39 is 0 Å². The fourth-order valence-electron chi connectivity index (χ4n) is 2.47. The van der Waals surface area contributed by atoms with E-state index in [9.17, 15) is 9.90 Å². The Kier molecular flexibility index (Phi) is 4.64. The molecule has 0 atom stereocenters. The first-order valence-electron chi connectivity index (χ1n) is 7.57. The summed E-state index contributed by atoms with van der Waals surface area (Å²) in [5, 5.41) is 13.7. The second-order valence-electron chi connectivity index (χ2n) is 5.69. The van der Waals surface area contributed by atoms with Crippen LogP contribution in [0.3, 0.4) is 0 Å². The molecule has 1 aromatic carbocycles. The molecule has 22 heavy (non-hydrogen) atoms. The van der Waals surface area contributed by atoms with E-state index in [1.54, 1.807) is 16.4 Å². The third-order valence-electron chi connectivity index (χ3n) is 3.94. The van der Waals surface area contributed by atoms with Crippen molar-refractivity contribution in [2.24, 2.45) is 5.92 Å². The zero-order valence-corrected chi connectivity index (χ0v) is 13.5. The zero-order chi connectivity index (χ0) is 15.5. The Bertz CT molecular complexity index is 706. The summed E-state index contributed by atoms with van der Waals surface area (Å²) in [6, 6.07) is 10.00. The van der Waals surface area contributed by atoms with Gasteiger partial charge in [0.25, 0.3) is 5.56 Å². The van der Waals surface area contributed by atoms with Crippen molar-refractivity contribution in [1.29, 1.82) is 0 Å². The first kappa shape index (κ1) is 15.3. The Hall–Kier alpha value is -1.59. The maximum atomic E-state index is 12.4. The molecule has 5 heteroatoms. The van der Waals surface area contributed by atoms with Gasteiger partial charge in [-0.05, 0) is 43.2 Å². The van der Waals surface area contributed by atoms with Crippen LogP contribution in [0.5, 0.6) is 0 Å². The molecule has 2 aromatic rings. The topological polar surface area (TPSA) is 55.1 Å². The van der Waals surface area contributed by atoms with Gasteiger partial charge in [-0.3, -0.25) is 4.79 Å². The third-order valence-corrected chi connectivity index (χ3v) is 4.69. The van der Waals surface area contributed by atoms with Crippen molar-refractivity contribution in [3.05, 3.63) is 46.2 Å². The van der Waals surface area contributed by atoms with Gasteiger partial charge in [0.2, 0.25) is 0 Å². The van der Waals surface area contributed by atoms with E-state index in [2.05, 4.69) is 17.2 Å². The van der Waals surface area contributed by atoms with Crippen LogP contribution in [0.2, 0.25) is 0 Å². The second kappa shape index (κ2) is 6.67. The molecule has 0 aliphatic heterocycles. The molecule has 0 saturated heterocycles. The summed E-state index contributed by atoms with van der Waals surface area (Å²) in [4.78, 5) is 13.6. The molecule has 1 fully saturated rings. The summed E-state index contributed by atoms with van der Waals surface area (Å²) in [7, 11) is 0. The van der Waals surface area contributed by atoms with Crippen molar-refractivity contribution in [3.63, 3.8) is 0 Å². The minimum atomic E-state index is -0.0644. The average molecular weight is 316 g/mol. The van der Waals surface area contributed by atoms with Crippen molar-refractivity contribution >= 4 is 11.8 Å². The molecule has 0 spiro atoms. The maximum absolute atomic E-state index is 12.4. The molecule has 3 rings (SSSR count). The van der Waals surface area contributed by atoms with Crippen LogP contribution in [0.4, 0.5) is 0 Å². The molecule has 1 aliphatic rings. The predicted molar refractivity (Wildman–Crippen MR) is 89.2 cm³/mol. The van der Waals surface area contributed by atoms with E-state index in [0.717, 1.165) is 11.3 Å². The van der Waals surface area contributed by atoms with Crippen molar-refractivity contribution in [3.8, 4) is 11.3 Å². The fraction of sp³-hybridized carbons (Fsp3) is 0.412. The van der Waals surface area contributed by atoms with E-state index in [-0.39, 0.29) is 12.2 Å². The Morgan fingerprint density at radius 3 is 2.64 bits per heavy atom. The van der Waals surface area contributed by atoms with Crippen LogP contribution in [0.25, 0.3) is 11.3 Å². The molecule has 0 bridgehead atoms. The molecule has 4 nitrogen and oxygen atoms in total. The summed E-state index contributed by atoms with van der Waals surface area (Å²) in [6.07, 6.45) is 4.77. The highest BCUT2D eigenvalue weighted by atomic mass is 32.2. The number of benzene rings is 1. The largest absolute Gasteiger partial charge is 0.396 e. The monoisotopic (exact) mass is 316 g/mol. The van der Waals surface area contributed by atoms with Gasteiger partial charge < -0.3 is 5.11 Å².